The molecule has 2 heterocycles. The predicted octanol–water partition coefficient (Wildman–Crippen LogP) is 3.65. The molecule has 4 heteroatoms. The number of likely N-dealkylation sites (tertiary alicyclic amines) is 1. The summed E-state index contributed by atoms with van der Waals surface area (Å²) >= 11 is 0. The normalized spacial score (nSPS) is 16.7. The summed E-state index contributed by atoms with van der Waals surface area (Å²) in [5.41, 5.74) is 4.48. The first-order chi connectivity index (χ1) is 10.7. The van der Waals surface area contributed by atoms with Crippen LogP contribution < -0.4 is 5.32 Å². The van der Waals surface area contributed by atoms with Crippen molar-refractivity contribution in [3.8, 4) is 11.3 Å². The fourth-order valence-corrected chi connectivity index (χ4v) is 3.13. The fourth-order valence-electron chi connectivity index (χ4n) is 3.13. The summed E-state index contributed by atoms with van der Waals surface area (Å²) in [5.74, 6) is 0.674. The number of aryl methyl sites for hydroxylation is 1. The monoisotopic (exact) mass is 296 g/mol. The molecule has 0 unspecified atom stereocenters. The van der Waals surface area contributed by atoms with Crippen molar-refractivity contribution < 1.29 is 0 Å². The van der Waals surface area contributed by atoms with Crippen LogP contribution in [0.4, 0.5) is 5.95 Å². The lowest BCUT2D eigenvalue weighted by atomic mass is 10.0. The highest BCUT2D eigenvalue weighted by Crippen LogP contribution is 2.28. The van der Waals surface area contributed by atoms with Gasteiger partial charge in [-0.25, -0.2) is 9.97 Å². The Hall–Kier alpha value is -1.94. The largest absolute Gasteiger partial charge is 0.357 e. The van der Waals surface area contributed by atoms with Crippen LogP contribution in [0.2, 0.25) is 0 Å². The minimum atomic E-state index is 0.467. The number of hydrogen-bond acceptors (Lipinski definition) is 4. The molecule has 2 aromatic rings. The van der Waals surface area contributed by atoms with Gasteiger partial charge in [0, 0.05) is 24.3 Å². The third-order valence-electron chi connectivity index (χ3n) is 4.43. The van der Waals surface area contributed by atoms with Gasteiger partial charge in [-0.05, 0) is 57.5 Å². The molecule has 1 aliphatic heterocycles. The minimum Gasteiger partial charge on any atom is -0.357 e. The Morgan fingerprint density at radius 2 is 1.91 bits per heavy atom. The van der Waals surface area contributed by atoms with E-state index in [9.17, 15) is 0 Å². The Morgan fingerprint density at radius 1 is 1.14 bits per heavy atom. The summed E-state index contributed by atoms with van der Waals surface area (Å²) in [6.45, 7) is 6.72. The number of hydrogen-bond donors (Lipinski definition) is 1. The average molecular weight is 296 g/mol. The van der Waals surface area contributed by atoms with Crippen LogP contribution in [0.1, 0.15) is 37.1 Å². The molecular weight excluding hydrogens is 272 g/mol. The summed E-state index contributed by atoms with van der Waals surface area (Å²) in [5, 5.41) is 3.03. The third-order valence-corrected chi connectivity index (χ3v) is 4.43. The van der Waals surface area contributed by atoms with Crippen LogP contribution in [-0.4, -0.2) is 35.0 Å². The Morgan fingerprint density at radius 3 is 2.64 bits per heavy atom. The van der Waals surface area contributed by atoms with Crippen molar-refractivity contribution in [2.75, 3.05) is 25.5 Å². The summed E-state index contributed by atoms with van der Waals surface area (Å²) in [4.78, 5) is 11.5. The molecule has 0 aliphatic carbocycles. The first-order valence-electron chi connectivity index (χ1n) is 8.05. The molecule has 0 amide bonds. The van der Waals surface area contributed by atoms with Gasteiger partial charge in [0.2, 0.25) is 5.95 Å². The fraction of sp³-hybridized carbons (Fsp3) is 0.444. The summed E-state index contributed by atoms with van der Waals surface area (Å²) in [6.07, 6.45) is 2.64. The number of nitrogens with zero attached hydrogens (tertiary/aromatic N) is 3. The van der Waals surface area contributed by atoms with Crippen LogP contribution in [0, 0.1) is 6.92 Å². The number of benzene rings is 1. The molecule has 0 saturated carbocycles. The Balaban J connectivity index is 1.92. The maximum Gasteiger partial charge on any atom is 0.223 e. The van der Waals surface area contributed by atoms with Crippen LogP contribution in [0.3, 0.4) is 0 Å². The standard InChI is InChI=1S/C18H24N4/c1-13-11-17(21-18(19-3)20-13)16-8-6-7-15(12-16)14(2)22-9-4-5-10-22/h6-8,11-12,14H,4-5,9-10H2,1-3H3,(H,19,20,21)/t14-/m0/s1. The molecule has 1 aliphatic rings. The first-order valence-corrected chi connectivity index (χ1v) is 8.05. The highest BCUT2D eigenvalue weighted by atomic mass is 15.2. The van der Waals surface area contributed by atoms with E-state index in [1.807, 2.05) is 20.0 Å². The quantitative estimate of drug-likeness (QED) is 0.935. The zero-order valence-corrected chi connectivity index (χ0v) is 13.6. The van der Waals surface area contributed by atoms with Crippen molar-refractivity contribution in [3.05, 3.63) is 41.6 Å². The van der Waals surface area contributed by atoms with E-state index in [1.54, 1.807) is 0 Å². The third kappa shape index (κ3) is 3.12. The smallest absolute Gasteiger partial charge is 0.223 e. The topological polar surface area (TPSA) is 41.1 Å². The van der Waals surface area contributed by atoms with E-state index in [1.165, 1.54) is 31.5 Å². The van der Waals surface area contributed by atoms with Crippen LogP contribution in [-0.2, 0) is 0 Å². The molecule has 116 valence electrons. The molecule has 1 atom stereocenters. The van der Waals surface area contributed by atoms with Gasteiger partial charge in [-0.15, -0.1) is 0 Å². The van der Waals surface area contributed by atoms with Crippen LogP contribution in [0.15, 0.2) is 30.3 Å². The van der Waals surface area contributed by atoms with Crippen LogP contribution in [0.25, 0.3) is 11.3 Å². The number of aromatic nitrogens is 2. The maximum absolute atomic E-state index is 4.58. The Labute approximate surface area is 132 Å². The lowest BCUT2D eigenvalue weighted by Gasteiger charge is -2.24. The van der Waals surface area contributed by atoms with Gasteiger partial charge < -0.3 is 5.32 Å². The molecule has 1 saturated heterocycles. The average Bonchev–Trinajstić information content (AvgIpc) is 3.08. The lowest BCUT2D eigenvalue weighted by molar-refractivity contribution is 0.263. The second kappa shape index (κ2) is 6.44. The second-order valence-corrected chi connectivity index (χ2v) is 6.01. The Kier molecular flexibility index (Phi) is 4.39. The second-order valence-electron chi connectivity index (χ2n) is 6.01. The van der Waals surface area contributed by atoms with Gasteiger partial charge in [-0.2, -0.15) is 0 Å². The molecule has 1 aromatic heterocycles. The number of anilines is 1. The van der Waals surface area contributed by atoms with Gasteiger partial charge in [0.05, 0.1) is 5.69 Å². The molecule has 4 nitrogen and oxygen atoms in total. The van der Waals surface area contributed by atoms with E-state index >= 15 is 0 Å². The van der Waals surface area contributed by atoms with Gasteiger partial charge in [0.15, 0.2) is 0 Å². The van der Waals surface area contributed by atoms with E-state index in [2.05, 4.69) is 51.4 Å². The van der Waals surface area contributed by atoms with E-state index in [0.717, 1.165) is 17.0 Å². The highest BCUT2D eigenvalue weighted by Gasteiger charge is 2.19. The summed E-state index contributed by atoms with van der Waals surface area (Å²) in [6, 6.07) is 11.3. The molecule has 1 N–H and O–H groups in total. The number of rotatable bonds is 4. The van der Waals surface area contributed by atoms with Crippen molar-refractivity contribution in [2.45, 2.75) is 32.7 Å². The zero-order valence-electron chi connectivity index (χ0n) is 13.6. The van der Waals surface area contributed by atoms with Crippen molar-refractivity contribution in [3.63, 3.8) is 0 Å². The van der Waals surface area contributed by atoms with Gasteiger partial charge in [-0.1, -0.05) is 18.2 Å². The molecule has 0 radical (unpaired) electrons. The van der Waals surface area contributed by atoms with Crippen molar-refractivity contribution in [1.82, 2.24) is 14.9 Å². The molecule has 22 heavy (non-hydrogen) atoms. The van der Waals surface area contributed by atoms with E-state index < -0.39 is 0 Å². The molecular formula is C18H24N4. The summed E-state index contributed by atoms with van der Waals surface area (Å²) in [7, 11) is 1.85. The lowest BCUT2D eigenvalue weighted by Crippen LogP contribution is -2.23. The first kappa shape index (κ1) is 15.0. The van der Waals surface area contributed by atoms with Gasteiger partial charge in [0.1, 0.15) is 0 Å². The zero-order chi connectivity index (χ0) is 15.5. The van der Waals surface area contributed by atoms with Crippen molar-refractivity contribution in [1.29, 1.82) is 0 Å². The molecule has 0 spiro atoms. The van der Waals surface area contributed by atoms with E-state index in [-0.39, 0.29) is 0 Å². The van der Waals surface area contributed by atoms with Gasteiger partial charge in [-0.3, -0.25) is 4.90 Å². The van der Waals surface area contributed by atoms with Gasteiger partial charge >= 0.3 is 0 Å². The highest BCUT2D eigenvalue weighted by molar-refractivity contribution is 5.62. The predicted molar refractivity (Wildman–Crippen MR) is 91.0 cm³/mol. The van der Waals surface area contributed by atoms with Gasteiger partial charge in [0.25, 0.3) is 0 Å². The van der Waals surface area contributed by atoms with Crippen molar-refractivity contribution in [2.24, 2.45) is 0 Å². The minimum absolute atomic E-state index is 0.467. The van der Waals surface area contributed by atoms with Crippen LogP contribution >= 0.6 is 0 Å². The van der Waals surface area contributed by atoms with E-state index in [0.29, 0.717) is 12.0 Å². The SMILES string of the molecule is CNc1nc(C)cc(-c2cccc([C@H](C)N3CCCC3)c2)n1. The molecule has 3 rings (SSSR count). The van der Waals surface area contributed by atoms with Crippen molar-refractivity contribution >= 4 is 5.95 Å². The summed E-state index contributed by atoms with van der Waals surface area (Å²) < 4.78 is 0. The number of nitrogens with one attached hydrogen (secondary N) is 1. The van der Waals surface area contributed by atoms with Crippen LogP contribution in [0.5, 0.6) is 0 Å². The molecule has 0 bridgehead atoms. The maximum atomic E-state index is 4.58. The van der Waals surface area contributed by atoms with E-state index in [4.69, 9.17) is 0 Å². The Bertz CT molecular complexity index is 647. The molecule has 1 fully saturated rings. The molecule has 1 aromatic carbocycles.